The van der Waals surface area contributed by atoms with Crippen molar-refractivity contribution < 1.29 is 9.72 Å². The van der Waals surface area contributed by atoms with Crippen LogP contribution < -0.4 is 5.32 Å². The fourth-order valence-corrected chi connectivity index (χ4v) is 2.66. The summed E-state index contributed by atoms with van der Waals surface area (Å²) < 4.78 is 0. The first-order chi connectivity index (χ1) is 9.45. The average molecular weight is 317 g/mol. The van der Waals surface area contributed by atoms with Crippen molar-refractivity contribution in [1.29, 1.82) is 0 Å². The minimum absolute atomic E-state index is 0.0540. The predicted molar refractivity (Wildman–Crippen MR) is 83.6 cm³/mol. The van der Waals surface area contributed by atoms with E-state index in [4.69, 9.17) is 11.6 Å². The lowest BCUT2D eigenvalue weighted by Crippen LogP contribution is -2.22. The molecule has 1 N–H and O–H groups in total. The van der Waals surface area contributed by atoms with E-state index >= 15 is 0 Å². The number of hydrogen-bond acceptors (Lipinski definition) is 4. The van der Waals surface area contributed by atoms with E-state index in [2.05, 4.69) is 12.2 Å². The Bertz CT molecular complexity index is 497. The summed E-state index contributed by atoms with van der Waals surface area (Å²) in [5.41, 5.74) is 0.171. The molecule has 0 radical (unpaired) electrons. The summed E-state index contributed by atoms with van der Waals surface area (Å²) in [5.74, 6) is 0.758. The lowest BCUT2D eigenvalue weighted by Gasteiger charge is -2.11. The van der Waals surface area contributed by atoms with Crippen molar-refractivity contribution in [3.63, 3.8) is 0 Å². The maximum absolute atomic E-state index is 11.9. The minimum atomic E-state index is -0.572. The molecule has 1 rings (SSSR count). The normalized spacial score (nSPS) is 11.9. The highest BCUT2D eigenvalue weighted by Crippen LogP contribution is 2.27. The highest BCUT2D eigenvalue weighted by molar-refractivity contribution is 8.00. The van der Waals surface area contributed by atoms with Gasteiger partial charge in [-0.2, -0.15) is 0 Å². The second kappa shape index (κ2) is 8.11. The fourth-order valence-electron chi connectivity index (χ4n) is 1.45. The first kappa shape index (κ1) is 16.8. The van der Waals surface area contributed by atoms with Gasteiger partial charge in [0.15, 0.2) is 0 Å². The van der Waals surface area contributed by atoms with Crippen LogP contribution in [0.4, 0.5) is 11.4 Å². The van der Waals surface area contributed by atoms with Crippen LogP contribution in [0.25, 0.3) is 0 Å². The zero-order valence-corrected chi connectivity index (χ0v) is 13.0. The third kappa shape index (κ3) is 5.02. The van der Waals surface area contributed by atoms with Crippen molar-refractivity contribution in [3.8, 4) is 0 Å². The smallest absolute Gasteiger partial charge is 0.289 e. The Hall–Kier alpha value is -1.27. The average Bonchev–Trinajstić information content (AvgIpc) is 2.40. The highest BCUT2D eigenvalue weighted by Gasteiger charge is 2.16. The lowest BCUT2D eigenvalue weighted by atomic mass is 10.2. The van der Waals surface area contributed by atoms with Crippen molar-refractivity contribution in [2.24, 2.45) is 0 Å². The topological polar surface area (TPSA) is 72.2 Å². The van der Waals surface area contributed by atoms with Crippen molar-refractivity contribution in [1.82, 2.24) is 0 Å². The maximum Gasteiger partial charge on any atom is 0.289 e. The van der Waals surface area contributed by atoms with Crippen LogP contribution in [0.15, 0.2) is 18.2 Å². The number of carbonyl (C=O) groups excluding carboxylic acids is 1. The lowest BCUT2D eigenvalue weighted by molar-refractivity contribution is -0.384. The fraction of sp³-hybridized carbons (Fsp3) is 0.462. The van der Waals surface area contributed by atoms with Gasteiger partial charge in [0.1, 0.15) is 5.02 Å². The Balaban J connectivity index is 2.66. The number of hydrogen-bond donors (Lipinski definition) is 1. The first-order valence-electron chi connectivity index (χ1n) is 6.32. The van der Waals surface area contributed by atoms with Gasteiger partial charge in [-0.05, 0) is 31.2 Å². The molecule has 20 heavy (non-hydrogen) atoms. The molecular weight excluding hydrogens is 300 g/mol. The number of carbonyl (C=O) groups is 1. The summed E-state index contributed by atoms with van der Waals surface area (Å²) in [7, 11) is 0. The van der Waals surface area contributed by atoms with E-state index in [1.807, 2.05) is 6.92 Å². The van der Waals surface area contributed by atoms with Crippen LogP contribution in [-0.2, 0) is 4.79 Å². The zero-order chi connectivity index (χ0) is 15.1. The molecule has 7 heteroatoms. The van der Waals surface area contributed by atoms with Crippen LogP contribution in [0.5, 0.6) is 0 Å². The van der Waals surface area contributed by atoms with E-state index in [1.54, 1.807) is 17.8 Å². The monoisotopic (exact) mass is 316 g/mol. The third-order valence-electron chi connectivity index (χ3n) is 2.65. The zero-order valence-electron chi connectivity index (χ0n) is 11.4. The predicted octanol–water partition coefficient (Wildman–Crippen LogP) is 4.11. The second-order valence-electron chi connectivity index (χ2n) is 4.28. The van der Waals surface area contributed by atoms with Crippen molar-refractivity contribution in [3.05, 3.63) is 33.3 Å². The van der Waals surface area contributed by atoms with Crippen LogP contribution >= 0.6 is 23.4 Å². The third-order valence-corrected chi connectivity index (χ3v) is 4.20. The molecular formula is C13H17ClN2O3S. The number of nitro benzene ring substituents is 1. The van der Waals surface area contributed by atoms with E-state index in [0.717, 1.165) is 18.6 Å². The van der Waals surface area contributed by atoms with Crippen LogP contribution in [0.2, 0.25) is 5.02 Å². The van der Waals surface area contributed by atoms with Gasteiger partial charge in [-0.25, -0.2) is 0 Å². The van der Waals surface area contributed by atoms with Gasteiger partial charge in [-0.3, -0.25) is 14.9 Å². The molecule has 1 aromatic carbocycles. The molecule has 110 valence electrons. The van der Waals surface area contributed by atoms with Crippen LogP contribution in [0.3, 0.4) is 0 Å². The molecule has 1 unspecified atom stereocenters. The van der Waals surface area contributed by atoms with Gasteiger partial charge in [0.25, 0.3) is 5.69 Å². The van der Waals surface area contributed by atoms with E-state index in [-0.39, 0.29) is 21.9 Å². The quantitative estimate of drug-likeness (QED) is 0.467. The van der Waals surface area contributed by atoms with Gasteiger partial charge >= 0.3 is 0 Å². The molecule has 5 nitrogen and oxygen atoms in total. The largest absolute Gasteiger partial charge is 0.325 e. The van der Waals surface area contributed by atoms with Crippen molar-refractivity contribution in [2.75, 3.05) is 11.1 Å². The number of halogens is 1. The van der Waals surface area contributed by atoms with Gasteiger partial charge in [0, 0.05) is 11.8 Å². The molecule has 0 saturated carbocycles. The van der Waals surface area contributed by atoms with Gasteiger partial charge < -0.3 is 5.32 Å². The Morgan fingerprint density at radius 3 is 2.85 bits per heavy atom. The van der Waals surface area contributed by atoms with Crippen LogP contribution in [0, 0.1) is 10.1 Å². The van der Waals surface area contributed by atoms with Gasteiger partial charge in [-0.1, -0.05) is 24.9 Å². The maximum atomic E-state index is 11.9. The number of nitro groups is 1. The highest BCUT2D eigenvalue weighted by atomic mass is 35.5. The Labute approximate surface area is 127 Å². The Kier molecular flexibility index (Phi) is 6.81. The summed E-state index contributed by atoms with van der Waals surface area (Å²) >= 11 is 7.29. The number of nitrogens with zero attached hydrogens (tertiary/aromatic N) is 1. The second-order valence-corrected chi connectivity index (χ2v) is 6.14. The summed E-state index contributed by atoms with van der Waals surface area (Å²) in [4.78, 5) is 22.1. The Morgan fingerprint density at radius 1 is 1.55 bits per heavy atom. The van der Waals surface area contributed by atoms with Crippen LogP contribution in [-0.4, -0.2) is 21.8 Å². The summed E-state index contributed by atoms with van der Waals surface area (Å²) in [6, 6.07) is 4.23. The number of thioether (sulfide) groups is 1. The standard InChI is InChI=1S/C13H17ClN2O3S/c1-3-4-7-20-9(2)13(17)15-10-5-6-11(14)12(8-10)16(18)19/h5-6,8-9H,3-4,7H2,1-2H3,(H,15,17). The summed E-state index contributed by atoms with van der Waals surface area (Å²) in [6.07, 6.45) is 2.15. The molecule has 0 saturated heterocycles. The molecule has 0 aliphatic carbocycles. The van der Waals surface area contributed by atoms with E-state index in [1.165, 1.54) is 12.1 Å². The number of amides is 1. The minimum Gasteiger partial charge on any atom is -0.325 e. The van der Waals surface area contributed by atoms with Gasteiger partial charge in [0.05, 0.1) is 10.2 Å². The summed E-state index contributed by atoms with van der Waals surface area (Å²) in [6.45, 7) is 3.91. The molecule has 0 spiro atoms. The van der Waals surface area contributed by atoms with Crippen molar-refractivity contribution >= 4 is 40.6 Å². The molecule has 0 aromatic heterocycles. The van der Waals surface area contributed by atoms with Crippen LogP contribution in [0.1, 0.15) is 26.7 Å². The summed E-state index contributed by atoms with van der Waals surface area (Å²) in [5, 5.41) is 13.3. The molecule has 0 heterocycles. The Morgan fingerprint density at radius 2 is 2.25 bits per heavy atom. The number of benzene rings is 1. The van der Waals surface area contributed by atoms with Gasteiger partial charge in [0.2, 0.25) is 5.91 Å². The number of anilines is 1. The molecule has 1 aromatic rings. The molecule has 0 aliphatic rings. The SMILES string of the molecule is CCCCSC(C)C(=O)Nc1ccc(Cl)c([N+](=O)[O-])c1. The van der Waals surface area contributed by atoms with E-state index in [0.29, 0.717) is 5.69 Å². The van der Waals surface area contributed by atoms with E-state index in [9.17, 15) is 14.9 Å². The number of nitrogens with one attached hydrogen (secondary N) is 1. The van der Waals surface area contributed by atoms with Crippen molar-refractivity contribution in [2.45, 2.75) is 31.9 Å². The first-order valence-corrected chi connectivity index (χ1v) is 7.74. The van der Waals surface area contributed by atoms with E-state index < -0.39 is 4.92 Å². The molecule has 1 amide bonds. The van der Waals surface area contributed by atoms with Gasteiger partial charge in [-0.15, -0.1) is 11.8 Å². The molecule has 0 bridgehead atoms. The number of unbranched alkanes of at least 4 members (excludes halogenated alkanes) is 1. The molecule has 0 aliphatic heterocycles. The number of rotatable bonds is 7. The molecule has 1 atom stereocenters. The molecule has 0 fully saturated rings.